The largest absolute Gasteiger partial charge is 0.383 e. The topological polar surface area (TPSA) is 39.1 Å². The molecule has 0 amide bonds. The highest BCUT2D eigenvalue weighted by atomic mass is 16.5. The lowest BCUT2D eigenvalue weighted by Gasteiger charge is -2.17. The maximum Gasteiger partial charge on any atom is 0.0951 e. The molecule has 1 N–H and O–H groups in total. The summed E-state index contributed by atoms with van der Waals surface area (Å²) in [6.07, 6.45) is 4.87. The highest BCUT2D eigenvalue weighted by Gasteiger charge is 2.09. The van der Waals surface area contributed by atoms with Gasteiger partial charge in [-0.05, 0) is 18.9 Å². The minimum atomic E-state index is 0.402. The predicted molar refractivity (Wildman–Crippen MR) is 80.7 cm³/mol. The number of imidazole rings is 1. The molecule has 0 saturated heterocycles. The Labute approximate surface area is 120 Å². The number of rotatable bonds is 8. The normalized spacial score (nSPS) is 12.5. The molecule has 0 fully saturated rings. The summed E-state index contributed by atoms with van der Waals surface area (Å²) in [5, 5.41) is 3.36. The zero-order valence-corrected chi connectivity index (χ0v) is 12.2. The molecule has 0 spiro atoms. The minimum Gasteiger partial charge on any atom is -0.383 e. The van der Waals surface area contributed by atoms with Gasteiger partial charge >= 0.3 is 0 Å². The van der Waals surface area contributed by atoms with Gasteiger partial charge in [-0.2, -0.15) is 0 Å². The lowest BCUT2D eigenvalue weighted by atomic mass is 10.1. The van der Waals surface area contributed by atoms with E-state index in [2.05, 4.69) is 52.1 Å². The van der Waals surface area contributed by atoms with Gasteiger partial charge in [-0.1, -0.05) is 30.3 Å². The van der Waals surface area contributed by atoms with Crippen LogP contribution in [0.15, 0.2) is 42.9 Å². The van der Waals surface area contributed by atoms with Gasteiger partial charge in [-0.25, -0.2) is 4.98 Å². The lowest BCUT2D eigenvalue weighted by molar-refractivity contribution is 0.199. The van der Waals surface area contributed by atoms with Crippen LogP contribution in [0.4, 0.5) is 0 Å². The molecule has 0 radical (unpaired) electrons. The second-order valence-electron chi connectivity index (χ2n) is 5.00. The Morgan fingerprint density at radius 2 is 2.10 bits per heavy atom. The van der Waals surface area contributed by atoms with Crippen LogP contribution in [0.1, 0.15) is 24.2 Å². The molecule has 108 valence electrons. The molecule has 0 aliphatic heterocycles. The monoisotopic (exact) mass is 273 g/mol. The first-order chi connectivity index (χ1) is 9.81. The van der Waals surface area contributed by atoms with E-state index in [0.717, 1.165) is 26.1 Å². The third-order valence-electron chi connectivity index (χ3n) is 3.38. The first-order valence-corrected chi connectivity index (χ1v) is 7.05. The van der Waals surface area contributed by atoms with E-state index in [4.69, 9.17) is 4.74 Å². The van der Waals surface area contributed by atoms with Crippen LogP contribution in [0.2, 0.25) is 0 Å². The van der Waals surface area contributed by atoms with Crippen LogP contribution in [0.25, 0.3) is 0 Å². The summed E-state index contributed by atoms with van der Waals surface area (Å²) in [6, 6.07) is 11.0. The van der Waals surface area contributed by atoms with Crippen LogP contribution < -0.4 is 5.32 Å². The van der Waals surface area contributed by atoms with Crippen LogP contribution in [-0.2, 0) is 17.7 Å². The molecule has 0 aliphatic carbocycles. The quantitative estimate of drug-likeness (QED) is 0.751. The summed E-state index contributed by atoms with van der Waals surface area (Å²) in [6.45, 7) is 4.64. The molecule has 0 saturated carbocycles. The van der Waals surface area contributed by atoms with Crippen molar-refractivity contribution in [3.8, 4) is 0 Å². The summed E-state index contributed by atoms with van der Waals surface area (Å²) in [5.74, 6) is 0. The molecule has 1 heterocycles. The fourth-order valence-electron chi connectivity index (χ4n) is 2.31. The number of methoxy groups -OCH3 is 1. The van der Waals surface area contributed by atoms with Crippen molar-refractivity contribution in [1.82, 2.24) is 14.9 Å². The highest BCUT2D eigenvalue weighted by Crippen LogP contribution is 2.15. The molecule has 1 aromatic carbocycles. The zero-order valence-electron chi connectivity index (χ0n) is 12.2. The van der Waals surface area contributed by atoms with E-state index < -0.39 is 0 Å². The van der Waals surface area contributed by atoms with Gasteiger partial charge in [0.05, 0.1) is 18.6 Å². The van der Waals surface area contributed by atoms with Crippen molar-refractivity contribution >= 4 is 0 Å². The fraction of sp³-hybridized carbons (Fsp3) is 0.438. The Hall–Kier alpha value is -1.65. The van der Waals surface area contributed by atoms with Crippen molar-refractivity contribution in [1.29, 1.82) is 0 Å². The van der Waals surface area contributed by atoms with Gasteiger partial charge in [0, 0.05) is 32.4 Å². The van der Waals surface area contributed by atoms with Crippen molar-refractivity contribution in [2.24, 2.45) is 0 Å². The number of benzene rings is 1. The van der Waals surface area contributed by atoms with E-state index in [1.807, 2.05) is 12.5 Å². The van der Waals surface area contributed by atoms with Crippen molar-refractivity contribution in [3.05, 3.63) is 54.1 Å². The van der Waals surface area contributed by atoms with E-state index in [9.17, 15) is 0 Å². The molecule has 20 heavy (non-hydrogen) atoms. The average Bonchev–Trinajstić information content (AvgIpc) is 2.93. The molecule has 1 atom stereocenters. The van der Waals surface area contributed by atoms with Gasteiger partial charge in [0.15, 0.2) is 0 Å². The molecule has 0 bridgehead atoms. The Bertz CT molecular complexity index is 495. The first kappa shape index (κ1) is 14.8. The standard InChI is InChI=1S/C16H23N3O/c1-14(10-15-6-4-3-5-7-15)19-13-18-12-16(19)11-17-8-9-20-2/h3-7,12-14,17H,8-11H2,1-2H3. The first-order valence-electron chi connectivity index (χ1n) is 7.05. The third kappa shape index (κ3) is 4.18. The molecule has 4 heteroatoms. The molecular formula is C16H23N3O. The van der Waals surface area contributed by atoms with E-state index in [1.165, 1.54) is 11.3 Å². The summed E-state index contributed by atoms with van der Waals surface area (Å²) in [5.41, 5.74) is 2.57. The fourth-order valence-corrected chi connectivity index (χ4v) is 2.31. The smallest absolute Gasteiger partial charge is 0.0951 e. The van der Waals surface area contributed by atoms with Gasteiger partial charge in [-0.3, -0.25) is 0 Å². The average molecular weight is 273 g/mol. The second-order valence-corrected chi connectivity index (χ2v) is 5.00. The van der Waals surface area contributed by atoms with Gasteiger partial charge in [0.1, 0.15) is 0 Å². The molecule has 1 unspecified atom stereocenters. The summed E-state index contributed by atoms with van der Waals surface area (Å²) < 4.78 is 7.28. The second kappa shape index (κ2) is 7.82. The van der Waals surface area contributed by atoms with Gasteiger partial charge in [0.25, 0.3) is 0 Å². The van der Waals surface area contributed by atoms with E-state index in [0.29, 0.717) is 6.04 Å². The van der Waals surface area contributed by atoms with Crippen molar-refractivity contribution in [2.45, 2.75) is 25.9 Å². The van der Waals surface area contributed by atoms with E-state index in [-0.39, 0.29) is 0 Å². The lowest BCUT2D eigenvalue weighted by Crippen LogP contribution is -2.21. The number of nitrogens with one attached hydrogen (secondary N) is 1. The zero-order chi connectivity index (χ0) is 14.2. The summed E-state index contributed by atoms with van der Waals surface area (Å²) in [7, 11) is 1.72. The molecule has 1 aromatic heterocycles. The number of nitrogens with zero attached hydrogens (tertiary/aromatic N) is 2. The van der Waals surface area contributed by atoms with Crippen LogP contribution in [-0.4, -0.2) is 29.8 Å². The predicted octanol–water partition coefficient (Wildman–Crippen LogP) is 2.42. The molecular weight excluding hydrogens is 250 g/mol. The molecule has 4 nitrogen and oxygen atoms in total. The van der Waals surface area contributed by atoms with Crippen molar-refractivity contribution in [2.75, 3.05) is 20.3 Å². The van der Waals surface area contributed by atoms with Gasteiger partial charge in [-0.15, -0.1) is 0 Å². The highest BCUT2D eigenvalue weighted by molar-refractivity contribution is 5.16. The maximum atomic E-state index is 5.03. The summed E-state index contributed by atoms with van der Waals surface area (Å²) >= 11 is 0. The van der Waals surface area contributed by atoms with Gasteiger partial charge in [0.2, 0.25) is 0 Å². The van der Waals surface area contributed by atoms with E-state index in [1.54, 1.807) is 7.11 Å². The Balaban J connectivity index is 1.93. The van der Waals surface area contributed by atoms with Crippen LogP contribution >= 0.6 is 0 Å². The number of ether oxygens (including phenoxy) is 1. The van der Waals surface area contributed by atoms with Crippen LogP contribution in [0, 0.1) is 0 Å². The van der Waals surface area contributed by atoms with Crippen LogP contribution in [0.3, 0.4) is 0 Å². The Kier molecular flexibility index (Phi) is 5.77. The molecule has 2 aromatic rings. The van der Waals surface area contributed by atoms with Crippen molar-refractivity contribution < 1.29 is 4.74 Å². The minimum absolute atomic E-state index is 0.402. The maximum absolute atomic E-state index is 5.03. The molecule has 0 aliphatic rings. The number of aromatic nitrogens is 2. The SMILES string of the molecule is COCCNCc1cncn1C(C)Cc1ccccc1. The Morgan fingerprint density at radius 3 is 2.85 bits per heavy atom. The van der Waals surface area contributed by atoms with E-state index >= 15 is 0 Å². The van der Waals surface area contributed by atoms with Crippen LogP contribution in [0.5, 0.6) is 0 Å². The summed E-state index contributed by atoms with van der Waals surface area (Å²) in [4.78, 5) is 4.28. The molecule has 2 rings (SSSR count). The van der Waals surface area contributed by atoms with Crippen molar-refractivity contribution in [3.63, 3.8) is 0 Å². The number of hydrogen-bond acceptors (Lipinski definition) is 3. The number of hydrogen-bond donors (Lipinski definition) is 1. The Morgan fingerprint density at radius 1 is 1.30 bits per heavy atom. The third-order valence-corrected chi connectivity index (χ3v) is 3.38. The van der Waals surface area contributed by atoms with Gasteiger partial charge < -0.3 is 14.6 Å².